The van der Waals surface area contributed by atoms with Gasteiger partial charge in [0, 0.05) is 0 Å². The van der Waals surface area contributed by atoms with Gasteiger partial charge < -0.3 is 10.1 Å². The predicted molar refractivity (Wildman–Crippen MR) is 51.9 cm³/mol. The Morgan fingerprint density at radius 3 is 2.62 bits per heavy atom. The molecule has 1 aliphatic heterocycles. The fourth-order valence-electron chi connectivity index (χ4n) is 2.01. The minimum atomic E-state index is -0.0989. The summed E-state index contributed by atoms with van der Waals surface area (Å²) in [7, 11) is 1.45. The van der Waals surface area contributed by atoms with Crippen LogP contribution in [0.1, 0.15) is 19.3 Å². The zero-order chi connectivity index (χ0) is 8.55. The molecule has 76 valence electrons. The number of nitrogens with one attached hydrogen (secondary N) is 1. The van der Waals surface area contributed by atoms with Gasteiger partial charge in [0.05, 0.1) is 7.11 Å². The molecule has 13 heavy (non-hydrogen) atoms. The molecule has 2 aliphatic rings. The smallest absolute Gasteiger partial charge is 0.322 e. The molecular weight excluding hydrogens is 190 g/mol. The molecule has 0 radical (unpaired) electrons. The second-order valence-electron chi connectivity index (χ2n) is 3.82. The molecule has 0 aromatic heterocycles. The number of rotatable bonds is 2. The first-order valence-corrected chi connectivity index (χ1v) is 4.62. The summed E-state index contributed by atoms with van der Waals surface area (Å²) in [6.45, 7) is 1.00. The molecule has 2 unspecified atom stereocenters. The maximum absolute atomic E-state index is 11.1. The third-order valence-electron chi connectivity index (χ3n) is 2.94. The molecule has 0 spiro atoms. The number of halogens is 1. The van der Waals surface area contributed by atoms with Gasteiger partial charge >= 0.3 is 5.97 Å². The lowest BCUT2D eigenvalue weighted by Crippen LogP contribution is -2.31. The van der Waals surface area contributed by atoms with E-state index in [0.717, 1.165) is 24.8 Å². The third-order valence-corrected chi connectivity index (χ3v) is 2.94. The second-order valence-corrected chi connectivity index (χ2v) is 3.82. The summed E-state index contributed by atoms with van der Waals surface area (Å²) in [5.41, 5.74) is 0. The van der Waals surface area contributed by atoms with Crippen molar-refractivity contribution >= 4 is 18.4 Å². The zero-order valence-corrected chi connectivity index (χ0v) is 8.60. The maximum Gasteiger partial charge on any atom is 0.322 e. The number of methoxy groups -OCH3 is 1. The SMILES string of the molecule is COC(=O)C1CC(C2CC2)CN1.Cl. The van der Waals surface area contributed by atoms with Crippen molar-refractivity contribution in [2.45, 2.75) is 25.3 Å². The van der Waals surface area contributed by atoms with Crippen LogP contribution in [0, 0.1) is 11.8 Å². The summed E-state index contributed by atoms with van der Waals surface area (Å²) in [5, 5.41) is 3.20. The van der Waals surface area contributed by atoms with Crippen LogP contribution in [0.2, 0.25) is 0 Å². The molecule has 3 nitrogen and oxygen atoms in total. The largest absolute Gasteiger partial charge is 0.468 e. The van der Waals surface area contributed by atoms with Crippen molar-refractivity contribution in [2.24, 2.45) is 11.8 Å². The summed E-state index contributed by atoms with van der Waals surface area (Å²) in [6.07, 6.45) is 3.71. The number of ether oxygens (including phenoxy) is 1. The van der Waals surface area contributed by atoms with Gasteiger partial charge in [-0.15, -0.1) is 12.4 Å². The van der Waals surface area contributed by atoms with Crippen molar-refractivity contribution in [3.8, 4) is 0 Å². The van der Waals surface area contributed by atoms with Gasteiger partial charge in [0.15, 0.2) is 0 Å². The second kappa shape index (κ2) is 4.29. The number of carbonyl (C=O) groups is 1. The van der Waals surface area contributed by atoms with E-state index in [2.05, 4.69) is 10.1 Å². The molecule has 1 saturated heterocycles. The van der Waals surface area contributed by atoms with Gasteiger partial charge in [-0.2, -0.15) is 0 Å². The molecule has 1 aliphatic carbocycles. The van der Waals surface area contributed by atoms with Crippen molar-refractivity contribution in [2.75, 3.05) is 13.7 Å². The lowest BCUT2D eigenvalue weighted by atomic mass is 10.0. The Morgan fingerprint density at radius 2 is 2.08 bits per heavy atom. The van der Waals surface area contributed by atoms with Crippen LogP contribution in [0.15, 0.2) is 0 Å². The normalized spacial score (nSPS) is 32.4. The van der Waals surface area contributed by atoms with Crippen molar-refractivity contribution < 1.29 is 9.53 Å². The maximum atomic E-state index is 11.1. The number of hydrogen-bond donors (Lipinski definition) is 1. The highest BCUT2D eigenvalue weighted by atomic mass is 35.5. The lowest BCUT2D eigenvalue weighted by molar-refractivity contribution is -0.142. The fourth-order valence-corrected chi connectivity index (χ4v) is 2.01. The van der Waals surface area contributed by atoms with E-state index in [1.54, 1.807) is 0 Å². The first-order valence-electron chi connectivity index (χ1n) is 4.62. The molecule has 1 heterocycles. The van der Waals surface area contributed by atoms with E-state index in [-0.39, 0.29) is 24.4 Å². The van der Waals surface area contributed by atoms with Crippen molar-refractivity contribution in [1.29, 1.82) is 0 Å². The Bertz CT molecular complexity index is 194. The quantitative estimate of drug-likeness (QED) is 0.683. The van der Waals surface area contributed by atoms with Gasteiger partial charge in [-0.25, -0.2) is 0 Å². The van der Waals surface area contributed by atoms with Gasteiger partial charge in [0.25, 0.3) is 0 Å². The number of carbonyl (C=O) groups excluding carboxylic acids is 1. The van der Waals surface area contributed by atoms with Gasteiger partial charge in [-0.05, 0) is 37.6 Å². The van der Waals surface area contributed by atoms with E-state index >= 15 is 0 Å². The summed E-state index contributed by atoms with van der Waals surface area (Å²) < 4.78 is 4.68. The summed E-state index contributed by atoms with van der Waals surface area (Å²) in [6, 6.07) is -0.0272. The Hall–Kier alpha value is -0.280. The Labute approximate surface area is 84.6 Å². The average molecular weight is 206 g/mol. The first kappa shape index (κ1) is 10.8. The van der Waals surface area contributed by atoms with Crippen molar-refractivity contribution in [3.05, 3.63) is 0 Å². The van der Waals surface area contributed by atoms with Crippen LogP contribution in [0.5, 0.6) is 0 Å². The molecule has 0 aromatic carbocycles. The van der Waals surface area contributed by atoms with Gasteiger partial charge in [0.2, 0.25) is 0 Å². The minimum Gasteiger partial charge on any atom is -0.468 e. The fraction of sp³-hybridized carbons (Fsp3) is 0.889. The molecular formula is C9H16ClNO2. The van der Waals surface area contributed by atoms with Gasteiger partial charge in [-0.1, -0.05) is 0 Å². The summed E-state index contributed by atoms with van der Waals surface area (Å²) in [4.78, 5) is 11.1. The average Bonchev–Trinajstić information content (AvgIpc) is 2.83. The number of esters is 1. The highest BCUT2D eigenvalue weighted by Gasteiger charge is 2.38. The van der Waals surface area contributed by atoms with Gasteiger partial charge in [0.1, 0.15) is 6.04 Å². The van der Waals surface area contributed by atoms with Crippen LogP contribution >= 0.6 is 12.4 Å². The standard InChI is InChI=1S/C9H15NO2.ClH/c1-12-9(11)8-4-7(5-10-8)6-2-3-6;/h6-8,10H,2-5H2,1H3;1H. The van der Waals surface area contributed by atoms with Gasteiger partial charge in [-0.3, -0.25) is 4.79 Å². The van der Waals surface area contributed by atoms with Crippen LogP contribution in [-0.2, 0) is 9.53 Å². The monoisotopic (exact) mass is 205 g/mol. The van der Waals surface area contributed by atoms with E-state index in [1.807, 2.05) is 0 Å². The van der Waals surface area contributed by atoms with Crippen LogP contribution in [0.4, 0.5) is 0 Å². The van der Waals surface area contributed by atoms with Crippen molar-refractivity contribution in [1.82, 2.24) is 5.32 Å². The van der Waals surface area contributed by atoms with Crippen LogP contribution in [0.3, 0.4) is 0 Å². The Morgan fingerprint density at radius 1 is 1.38 bits per heavy atom. The molecule has 2 rings (SSSR count). The van der Waals surface area contributed by atoms with E-state index in [0.29, 0.717) is 0 Å². The van der Waals surface area contributed by atoms with E-state index in [9.17, 15) is 4.79 Å². The topological polar surface area (TPSA) is 38.3 Å². The molecule has 1 N–H and O–H groups in total. The molecule has 1 saturated carbocycles. The zero-order valence-electron chi connectivity index (χ0n) is 7.79. The molecule has 4 heteroatoms. The minimum absolute atomic E-state index is 0. The first-order chi connectivity index (χ1) is 5.81. The van der Waals surface area contributed by atoms with E-state index in [1.165, 1.54) is 20.0 Å². The highest BCUT2D eigenvalue weighted by molar-refractivity contribution is 5.85. The van der Waals surface area contributed by atoms with Crippen LogP contribution < -0.4 is 5.32 Å². The Kier molecular flexibility index (Phi) is 3.56. The van der Waals surface area contributed by atoms with E-state index < -0.39 is 0 Å². The molecule has 0 bridgehead atoms. The summed E-state index contributed by atoms with van der Waals surface area (Å²) in [5.74, 6) is 1.53. The molecule has 0 aromatic rings. The summed E-state index contributed by atoms with van der Waals surface area (Å²) >= 11 is 0. The highest BCUT2D eigenvalue weighted by Crippen LogP contribution is 2.40. The van der Waals surface area contributed by atoms with Crippen LogP contribution in [0.25, 0.3) is 0 Å². The number of hydrogen-bond acceptors (Lipinski definition) is 3. The lowest BCUT2D eigenvalue weighted by Gasteiger charge is -2.06. The van der Waals surface area contributed by atoms with Crippen molar-refractivity contribution in [3.63, 3.8) is 0 Å². The molecule has 0 amide bonds. The predicted octanol–water partition coefficient (Wildman–Crippen LogP) is 0.969. The van der Waals surface area contributed by atoms with Crippen LogP contribution in [-0.4, -0.2) is 25.7 Å². The molecule has 2 atom stereocenters. The molecule has 2 fully saturated rings. The third kappa shape index (κ3) is 2.35. The Balaban J connectivity index is 0.000000845. The van der Waals surface area contributed by atoms with E-state index in [4.69, 9.17) is 0 Å².